The first-order valence-corrected chi connectivity index (χ1v) is 6.59. The lowest BCUT2D eigenvalue weighted by Crippen LogP contribution is -2.45. The number of nitrogens with zero attached hydrogens (tertiary/aromatic N) is 2. The summed E-state index contributed by atoms with van der Waals surface area (Å²) >= 11 is 0. The van der Waals surface area contributed by atoms with Gasteiger partial charge in [0.15, 0.2) is 0 Å². The first-order valence-electron chi connectivity index (χ1n) is 6.59. The van der Waals surface area contributed by atoms with Gasteiger partial charge in [-0.25, -0.2) is 0 Å². The number of aromatic nitrogens is 1. The van der Waals surface area contributed by atoms with E-state index in [0.717, 1.165) is 37.1 Å². The molecule has 3 heteroatoms. The molecule has 3 nitrogen and oxygen atoms in total. The summed E-state index contributed by atoms with van der Waals surface area (Å²) in [6.45, 7) is 4.24. The van der Waals surface area contributed by atoms with Crippen LogP contribution in [0.15, 0.2) is 18.5 Å². The minimum absolute atomic E-state index is 0.305. The van der Waals surface area contributed by atoms with E-state index in [1.165, 1.54) is 12.8 Å². The van der Waals surface area contributed by atoms with Crippen LogP contribution in [0.1, 0.15) is 36.8 Å². The van der Waals surface area contributed by atoms with Gasteiger partial charge >= 0.3 is 0 Å². The molecule has 0 saturated carbocycles. The fourth-order valence-electron chi connectivity index (χ4n) is 3.51. The molecule has 3 heterocycles. The number of pyridine rings is 1. The second-order valence-electron chi connectivity index (χ2n) is 5.41. The summed E-state index contributed by atoms with van der Waals surface area (Å²) in [5.41, 5.74) is 1.53. The van der Waals surface area contributed by atoms with Crippen LogP contribution in [0.5, 0.6) is 0 Å². The molecule has 2 aliphatic rings. The Labute approximate surface area is 102 Å². The molecular weight excluding hydrogens is 212 g/mol. The highest BCUT2D eigenvalue weighted by Gasteiger charge is 2.48. The number of rotatable bonds is 1. The lowest BCUT2D eigenvalue weighted by molar-refractivity contribution is -0.0145. The zero-order chi connectivity index (χ0) is 11.9. The van der Waals surface area contributed by atoms with E-state index >= 15 is 0 Å². The molecule has 2 unspecified atom stereocenters. The first-order chi connectivity index (χ1) is 8.22. The van der Waals surface area contributed by atoms with Crippen LogP contribution in [0.4, 0.5) is 0 Å². The van der Waals surface area contributed by atoms with Crippen LogP contribution in [0.2, 0.25) is 0 Å². The Morgan fingerprint density at radius 3 is 3.12 bits per heavy atom. The SMILES string of the molecule is Cc1ccncc1C1(O)CCN2CCCCC21. The van der Waals surface area contributed by atoms with Gasteiger partial charge in [0, 0.05) is 30.5 Å². The molecule has 2 aliphatic heterocycles. The van der Waals surface area contributed by atoms with Crippen molar-refractivity contribution in [3.05, 3.63) is 29.6 Å². The van der Waals surface area contributed by atoms with Gasteiger partial charge < -0.3 is 5.11 Å². The van der Waals surface area contributed by atoms with E-state index in [-0.39, 0.29) is 0 Å². The van der Waals surface area contributed by atoms with Crippen molar-refractivity contribution >= 4 is 0 Å². The largest absolute Gasteiger partial charge is 0.383 e. The summed E-state index contributed by atoms with van der Waals surface area (Å²) in [6, 6.07) is 2.30. The number of fused-ring (bicyclic) bond motifs is 1. The van der Waals surface area contributed by atoms with Gasteiger partial charge in [-0.05, 0) is 44.4 Å². The average molecular weight is 232 g/mol. The molecule has 17 heavy (non-hydrogen) atoms. The van der Waals surface area contributed by atoms with E-state index < -0.39 is 5.60 Å². The standard InChI is InChI=1S/C14H20N2O/c1-11-5-7-15-10-12(11)14(17)6-9-16-8-3-2-4-13(14)16/h5,7,10,13,17H,2-4,6,8-9H2,1H3. The van der Waals surface area contributed by atoms with Gasteiger partial charge in [0.25, 0.3) is 0 Å². The van der Waals surface area contributed by atoms with Gasteiger partial charge in [-0.1, -0.05) is 6.42 Å². The van der Waals surface area contributed by atoms with E-state index in [4.69, 9.17) is 0 Å². The van der Waals surface area contributed by atoms with Crippen LogP contribution < -0.4 is 0 Å². The van der Waals surface area contributed by atoms with E-state index in [1.807, 2.05) is 12.3 Å². The van der Waals surface area contributed by atoms with Crippen molar-refractivity contribution in [1.82, 2.24) is 9.88 Å². The number of piperidine rings is 1. The Kier molecular flexibility index (Phi) is 2.68. The summed E-state index contributed by atoms with van der Waals surface area (Å²) in [7, 11) is 0. The Hall–Kier alpha value is -0.930. The van der Waals surface area contributed by atoms with E-state index in [1.54, 1.807) is 6.20 Å². The Morgan fingerprint density at radius 2 is 2.29 bits per heavy atom. The highest BCUT2D eigenvalue weighted by molar-refractivity contribution is 5.31. The predicted octanol–water partition coefficient (Wildman–Crippen LogP) is 1.84. The molecule has 92 valence electrons. The van der Waals surface area contributed by atoms with Gasteiger partial charge in [0.1, 0.15) is 5.60 Å². The number of hydrogen-bond donors (Lipinski definition) is 1. The van der Waals surface area contributed by atoms with Gasteiger partial charge in [-0.15, -0.1) is 0 Å². The molecule has 2 saturated heterocycles. The summed E-state index contributed by atoms with van der Waals surface area (Å²) in [4.78, 5) is 6.65. The molecule has 0 aliphatic carbocycles. The maximum absolute atomic E-state index is 11.1. The molecule has 1 aromatic heterocycles. The average Bonchev–Trinajstić information content (AvgIpc) is 2.70. The second kappa shape index (κ2) is 4.07. The predicted molar refractivity (Wildman–Crippen MR) is 66.7 cm³/mol. The van der Waals surface area contributed by atoms with Crippen molar-refractivity contribution in [1.29, 1.82) is 0 Å². The molecule has 0 bridgehead atoms. The quantitative estimate of drug-likeness (QED) is 0.802. The van der Waals surface area contributed by atoms with Crippen LogP contribution in [-0.2, 0) is 5.60 Å². The topological polar surface area (TPSA) is 36.4 Å². The zero-order valence-corrected chi connectivity index (χ0v) is 10.4. The van der Waals surface area contributed by atoms with Crippen molar-refractivity contribution in [2.75, 3.05) is 13.1 Å². The van der Waals surface area contributed by atoms with E-state index in [2.05, 4.69) is 16.8 Å². The minimum atomic E-state index is -0.668. The molecule has 0 radical (unpaired) electrons. The van der Waals surface area contributed by atoms with Crippen LogP contribution in [0, 0.1) is 6.92 Å². The van der Waals surface area contributed by atoms with Gasteiger partial charge in [-0.2, -0.15) is 0 Å². The Morgan fingerprint density at radius 1 is 1.41 bits per heavy atom. The van der Waals surface area contributed by atoms with Crippen LogP contribution in [0.3, 0.4) is 0 Å². The fraction of sp³-hybridized carbons (Fsp3) is 0.643. The molecule has 0 aromatic carbocycles. The van der Waals surface area contributed by atoms with Crippen molar-refractivity contribution in [2.24, 2.45) is 0 Å². The molecule has 0 amide bonds. The fourth-order valence-corrected chi connectivity index (χ4v) is 3.51. The third kappa shape index (κ3) is 1.69. The zero-order valence-electron chi connectivity index (χ0n) is 10.4. The molecule has 3 rings (SSSR count). The highest BCUT2D eigenvalue weighted by Crippen LogP contribution is 2.42. The molecule has 1 N–H and O–H groups in total. The smallest absolute Gasteiger partial charge is 0.108 e. The number of hydrogen-bond acceptors (Lipinski definition) is 3. The third-order valence-corrected chi connectivity index (χ3v) is 4.45. The maximum atomic E-state index is 11.1. The van der Waals surface area contributed by atoms with E-state index in [0.29, 0.717) is 6.04 Å². The van der Waals surface area contributed by atoms with Gasteiger partial charge in [-0.3, -0.25) is 9.88 Å². The maximum Gasteiger partial charge on any atom is 0.108 e. The normalized spacial score (nSPS) is 33.6. The van der Waals surface area contributed by atoms with Crippen LogP contribution in [-0.4, -0.2) is 34.1 Å². The number of aryl methyl sites for hydroxylation is 1. The molecular formula is C14H20N2O. The van der Waals surface area contributed by atoms with Crippen molar-refractivity contribution in [3.8, 4) is 0 Å². The molecule has 1 aromatic rings. The van der Waals surface area contributed by atoms with Crippen molar-refractivity contribution in [3.63, 3.8) is 0 Å². The molecule has 2 atom stereocenters. The van der Waals surface area contributed by atoms with Gasteiger partial charge in [0.2, 0.25) is 0 Å². The van der Waals surface area contributed by atoms with Crippen molar-refractivity contribution < 1.29 is 5.11 Å². The molecule has 2 fully saturated rings. The van der Waals surface area contributed by atoms with Crippen LogP contribution in [0.25, 0.3) is 0 Å². The minimum Gasteiger partial charge on any atom is -0.383 e. The lowest BCUT2D eigenvalue weighted by Gasteiger charge is -2.38. The summed E-state index contributed by atoms with van der Waals surface area (Å²) in [6.07, 6.45) is 8.14. The summed E-state index contributed by atoms with van der Waals surface area (Å²) in [5.74, 6) is 0. The second-order valence-corrected chi connectivity index (χ2v) is 5.41. The third-order valence-electron chi connectivity index (χ3n) is 4.45. The lowest BCUT2D eigenvalue weighted by atomic mass is 9.82. The van der Waals surface area contributed by atoms with Crippen LogP contribution >= 0.6 is 0 Å². The summed E-state index contributed by atoms with van der Waals surface area (Å²) < 4.78 is 0. The Balaban J connectivity index is 1.98. The number of aliphatic hydroxyl groups is 1. The van der Waals surface area contributed by atoms with Gasteiger partial charge in [0.05, 0.1) is 0 Å². The molecule has 0 spiro atoms. The van der Waals surface area contributed by atoms with Crippen molar-refractivity contribution in [2.45, 2.75) is 44.2 Å². The van der Waals surface area contributed by atoms with E-state index in [9.17, 15) is 5.11 Å². The highest BCUT2D eigenvalue weighted by atomic mass is 16.3. The Bertz CT molecular complexity index is 420. The summed E-state index contributed by atoms with van der Waals surface area (Å²) in [5, 5.41) is 11.1. The monoisotopic (exact) mass is 232 g/mol. The first kappa shape index (κ1) is 11.2.